The predicted octanol–water partition coefficient (Wildman–Crippen LogP) is -0.623. The van der Waals surface area contributed by atoms with Gasteiger partial charge in [0.15, 0.2) is 0 Å². The van der Waals surface area contributed by atoms with Crippen molar-refractivity contribution in [2.75, 3.05) is 0 Å². The van der Waals surface area contributed by atoms with Gasteiger partial charge in [0.25, 0.3) is 0 Å². The second kappa shape index (κ2) is 36.9. The Bertz CT molecular complexity index is 7.61. The van der Waals surface area contributed by atoms with Crippen LogP contribution in [-0.4, -0.2) is 25.8 Å². The van der Waals surface area contributed by atoms with E-state index in [0.717, 1.165) is 0 Å². The van der Waals surface area contributed by atoms with Gasteiger partial charge in [0, 0.05) is 0 Å². The molecule has 0 aliphatic heterocycles. The van der Waals surface area contributed by atoms with Crippen LogP contribution in [0.5, 0.6) is 0 Å². The third-order valence-electron chi connectivity index (χ3n) is 0. The van der Waals surface area contributed by atoms with E-state index in [1.165, 1.54) is 0 Å². The van der Waals surface area contributed by atoms with E-state index in [1.807, 2.05) is 0 Å². The Morgan fingerprint density at radius 1 is 0.600 bits per heavy atom. The van der Waals surface area contributed by atoms with Crippen molar-refractivity contribution in [3.05, 3.63) is 0 Å². The normalized spacial score (nSPS) is 0. The largest absolute Gasteiger partial charge is 3.00 e. The predicted molar refractivity (Wildman–Crippen MR) is 7.13 cm³/mol. The summed E-state index contributed by atoms with van der Waals surface area (Å²) in [6.45, 7) is 0. The van der Waals surface area contributed by atoms with Gasteiger partial charge < -0.3 is 11.0 Å². The third kappa shape index (κ3) is 23.7. The summed E-state index contributed by atoms with van der Waals surface area (Å²) in [6.07, 6.45) is 0. The van der Waals surface area contributed by atoms with E-state index in [2.05, 4.69) is 0 Å². The van der Waals surface area contributed by atoms with E-state index in [4.69, 9.17) is 0 Å². The average Bonchev–Trinajstić information content (AvgIpc) is 0. The summed E-state index contributed by atoms with van der Waals surface area (Å²) in [6, 6.07) is 0. The maximum absolute atomic E-state index is 0. The molecule has 0 atom stereocenters. The maximum atomic E-state index is 0. The monoisotopic (exact) mass is 275 g/mol. The first-order chi connectivity index (χ1) is 0. The average molecular weight is 278 g/mol. The van der Waals surface area contributed by atoms with Crippen LogP contribution in [0.4, 0.5) is 0 Å². The molecule has 5 heavy (non-hydrogen) atoms. The first kappa shape index (κ1) is 61.8. The molecule has 0 bridgehead atoms. The Balaban J connectivity index is 0. The van der Waals surface area contributed by atoms with Crippen molar-refractivity contribution in [1.82, 2.24) is 0 Å². The van der Waals surface area contributed by atoms with Crippen LogP contribution in [0.15, 0.2) is 0 Å². The van der Waals surface area contributed by atoms with Gasteiger partial charge in [-0.05, 0) is 0 Å². The van der Waals surface area contributed by atoms with Crippen molar-refractivity contribution >= 4 is 25.8 Å². The molecule has 0 amide bonds. The molecule has 0 radical (unpaired) electrons. The molecule has 0 unspecified atom stereocenters. The van der Waals surface area contributed by atoms with Gasteiger partial charge in [-0.25, -0.2) is 0 Å². The van der Waals surface area contributed by atoms with Gasteiger partial charge in [-0.1, -0.05) is 0 Å². The fourth-order valence-electron chi connectivity index (χ4n) is 0. The molecule has 0 aliphatic carbocycles. The van der Waals surface area contributed by atoms with Crippen molar-refractivity contribution in [2.45, 2.75) is 0 Å². The fraction of sp³-hybridized carbons (Fsp3) is 0. The molecule has 5 heteroatoms. The van der Waals surface area contributed by atoms with Crippen molar-refractivity contribution in [1.29, 1.82) is 0 Å². The van der Waals surface area contributed by atoms with E-state index in [9.17, 15) is 0 Å². The fourth-order valence-corrected chi connectivity index (χ4v) is 0. The summed E-state index contributed by atoms with van der Waals surface area (Å²) in [5.41, 5.74) is 0. The van der Waals surface area contributed by atoms with Crippen molar-refractivity contribution in [2.24, 2.45) is 0 Å². The molecular formula is InO2Zn2+3. The van der Waals surface area contributed by atoms with Gasteiger partial charge in [-0.2, -0.15) is 0 Å². The Hall–Kier alpha value is 2.04. The molecule has 0 rings (SSSR count). The zero-order chi connectivity index (χ0) is 0. The van der Waals surface area contributed by atoms with Gasteiger partial charge in [0.05, 0.1) is 0 Å². The van der Waals surface area contributed by atoms with E-state index < -0.39 is 0 Å². The van der Waals surface area contributed by atoms with Crippen LogP contribution >= 0.6 is 0 Å². The quantitative estimate of drug-likeness (QED) is 0.530. The van der Waals surface area contributed by atoms with Crippen molar-refractivity contribution in [3.8, 4) is 0 Å². The Labute approximate surface area is 75.0 Å². The topological polar surface area (TPSA) is 57.0 Å². The van der Waals surface area contributed by atoms with Crippen LogP contribution in [0.1, 0.15) is 0 Å². The van der Waals surface area contributed by atoms with E-state index in [0.29, 0.717) is 0 Å². The second-order valence-electron chi connectivity index (χ2n) is 0. The van der Waals surface area contributed by atoms with Gasteiger partial charge in [-0.3, -0.25) is 0 Å². The van der Waals surface area contributed by atoms with Crippen LogP contribution in [0.3, 0.4) is 0 Å². The third-order valence-corrected chi connectivity index (χ3v) is 0. The summed E-state index contributed by atoms with van der Waals surface area (Å²) in [5, 5.41) is 0. The zero-order valence-electron chi connectivity index (χ0n) is 2.81. The van der Waals surface area contributed by atoms with Crippen LogP contribution in [0.25, 0.3) is 0 Å². The Morgan fingerprint density at radius 3 is 0.600 bits per heavy atom. The van der Waals surface area contributed by atoms with Crippen LogP contribution in [0, 0.1) is 0 Å². The second-order valence-corrected chi connectivity index (χ2v) is 0. The summed E-state index contributed by atoms with van der Waals surface area (Å²) < 4.78 is 0. The molecule has 0 N–H and O–H groups in total. The summed E-state index contributed by atoms with van der Waals surface area (Å²) in [5.74, 6) is 0. The van der Waals surface area contributed by atoms with E-state index in [1.54, 1.807) is 0 Å². The minimum absolute atomic E-state index is 0. The first-order valence-electron chi connectivity index (χ1n) is 0. The van der Waals surface area contributed by atoms with Gasteiger partial charge >= 0.3 is 64.8 Å². The van der Waals surface area contributed by atoms with Crippen LogP contribution in [0.2, 0.25) is 0 Å². The standard InChI is InChI=1S/In.2O.2Zn/q+3;2*-2;2*+2. The molecule has 0 heterocycles. The summed E-state index contributed by atoms with van der Waals surface area (Å²) in [7, 11) is 0. The molecule has 16 valence electrons. The SMILES string of the molecule is [In+3].[O-2].[O-2].[Zn+2].[Zn+2]. The van der Waals surface area contributed by atoms with Gasteiger partial charge in [0.1, 0.15) is 0 Å². The molecular weight excluding hydrogens is 278 g/mol. The number of hydrogen-bond donors (Lipinski definition) is 0. The maximum Gasteiger partial charge on any atom is 3.00 e. The molecule has 2 nitrogen and oxygen atoms in total. The molecule has 0 aromatic heterocycles. The molecule has 0 saturated carbocycles. The number of hydrogen-bond acceptors (Lipinski definition) is 0. The van der Waals surface area contributed by atoms with Crippen LogP contribution in [-0.2, 0) is 49.9 Å². The van der Waals surface area contributed by atoms with E-state index in [-0.39, 0.29) is 75.8 Å². The molecule has 0 aliphatic rings. The molecule has 0 spiro atoms. The summed E-state index contributed by atoms with van der Waals surface area (Å²) in [4.78, 5) is 0. The Kier molecular flexibility index (Phi) is 456. The number of rotatable bonds is 0. The smallest absolute Gasteiger partial charge is 2.00 e. The molecule has 0 saturated heterocycles. The minimum atomic E-state index is 0. The van der Waals surface area contributed by atoms with Gasteiger partial charge in [-0.15, -0.1) is 0 Å². The molecule has 0 aromatic carbocycles. The summed E-state index contributed by atoms with van der Waals surface area (Å²) >= 11 is 0. The van der Waals surface area contributed by atoms with Crippen molar-refractivity contribution < 1.29 is 49.9 Å². The Morgan fingerprint density at radius 2 is 0.600 bits per heavy atom. The molecule has 0 aromatic rings. The van der Waals surface area contributed by atoms with E-state index >= 15 is 0 Å². The van der Waals surface area contributed by atoms with Gasteiger partial charge in [0.2, 0.25) is 0 Å². The zero-order valence-corrected chi connectivity index (χ0v) is 12.0. The van der Waals surface area contributed by atoms with Crippen LogP contribution < -0.4 is 0 Å². The van der Waals surface area contributed by atoms with Crippen molar-refractivity contribution in [3.63, 3.8) is 0 Å². The molecule has 0 fully saturated rings. The first-order valence-corrected chi connectivity index (χ1v) is 0. The minimum Gasteiger partial charge on any atom is -2.00 e.